The summed E-state index contributed by atoms with van der Waals surface area (Å²) < 4.78 is 4.39. The lowest BCUT2D eigenvalue weighted by molar-refractivity contribution is -0.134. The smallest absolute Gasteiger partial charge is 0.330 e. The van der Waals surface area contributed by atoms with Gasteiger partial charge in [0.1, 0.15) is 0 Å². The number of carbonyl (C=O) groups is 1. The summed E-state index contributed by atoms with van der Waals surface area (Å²) in [5, 5.41) is 6.32. The summed E-state index contributed by atoms with van der Waals surface area (Å²) >= 11 is 0. The highest BCUT2D eigenvalue weighted by molar-refractivity contribution is 5.86. The van der Waals surface area contributed by atoms with Crippen LogP contribution >= 0.6 is 0 Å². The third-order valence-electron chi connectivity index (χ3n) is 1.13. The minimum atomic E-state index is -0.369. The van der Waals surface area contributed by atoms with Crippen molar-refractivity contribution >= 4 is 12.0 Å². The van der Waals surface area contributed by atoms with E-state index in [9.17, 15) is 4.79 Å². The summed E-state index contributed by atoms with van der Waals surface area (Å²) in [7, 11) is 1.34. The highest BCUT2D eigenvalue weighted by Gasteiger charge is 1.91. The van der Waals surface area contributed by atoms with Crippen molar-refractivity contribution in [1.29, 1.82) is 0 Å². The largest absolute Gasteiger partial charge is 0.466 e. The Kier molecular flexibility index (Phi) is 2.43. The molecule has 4 heteroatoms. The lowest BCUT2D eigenvalue weighted by atomic mass is 10.3. The fourth-order valence-corrected chi connectivity index (χ4v) is 0.584. The maximum Gasteiger partial charge on any atom is 0.330 e. The van der Waals surface area contributed by atoms with Gasteiger partial charge in [-0.25, -0.2) is 4.79 Å². The van der Waals surface area contributed by atoms with Gasteiger partial charge in [-0.1, -0.05) is 0 Å². The van der Waals surface area contributed by atoms with Crippen molar-refractivity contribution in [2.45, 2.75) is 0 Å². The van der Waals surface area contributed by atoms with E-state index in [2.05, 4.69) is 14.9 Å². The van der Waals surface area contributed by atoms with Crippen molar-refractivity contribution in [3.8, 4) is 0 Å². The number of H-pyrrole nitrogens is 1. The molecule has 0 aliphatic carbocycles. The second kappa shape index (κ2) is 3.55. The van der Waals surface area contributed by atoms with Crippen LogP contribution in [-0.2, 0) is 9.53 Å². The van der Waals surface area contributed by atoms with Gasteiger partial charge in [-0.05, 0) is 6.08 Å². The van der Waals surface area contributed by atoms with Crippen LogP contribution in [0.3, 0.4) is 0 Å². The Balaban J connectivity index is 2.55. The number of nitrogens with one attached hydrogen (secondary N) is 1. The number of hydrogen-bond acceptors (Lipinski definition) is 3. The predicted octanol–water partition coefficient (Wildman–Crippen LogP) is 0.596. The predicted molar refractivity (Wildman–Crippen MR) is 39.6 cm³/mol. The van der Waals surface area contributed by atoms with Crippen LogP contribution in [0.2, 0.25) is 0 Å². The van der Waals surface area contributed by atoms with E-state index in [1.807, 2.05) is 0 Å². The molecular weight excluding hydrogens is 144 g/mol. The van der Waals surface area contributed by atoms with E-state index in [-0.39, 0.29) is 5.97 Å². The molecule has 1 heterocycles. The van der Waals surface area contributed by atoms with Gasteiger partial charge in [-0.2, -0.15) is 5.10 Å². The summed E-state index contributed by atoms with van der Waals surface area (Å²) in [6.45, 7) is 0. The summed E-state index contributed by atoms with van der Waals surface area (Å²) in [5.41, 5.74) is 0.843. The summed E-state index contributed by atoms with van der Waals surface area (Å²) in [6.07, 6.45) is 6.25. The van der Waals surface area contributed by atoms with Gasteiger partial charge >= 0.3 is 5.97 Å². The standard InChI is InChI=1S/C7H8N2O2/c1-11-7(10)3-2-6-4-8-9-5-6/h2-5H,1H3,(H,8,9)/b3-2+. The molecule has 1 rings (SSSR count). The van der Waals surface area contributed by atoms with Gasteiger partial charge in [0.15, 0.2) is 0 Å². The number of aromatic nitrogens is 2. The molecule has 0 fully saturated rings. The Bertz CT molecular complexity index is 251. The second-order valence-electron chi connectivity index (χ2n) is 1.89. The van der Waals surface area contributed by atoms with Crippen LogP contribution in [-0.4, -0.2) is 23.3 Å². The van der Waals surface area contributed by atoms with Crippen LogP contribution in [0.15, 0.2) is 18.5 Å². The van der Waals surface area contributed by atoms with Crippen molar-refractivity contribution < 1.29 is 9.53 Å². The molecule has 0 radical (unpaired) electrons. The van der Waals surface area contributed by atoms with Crippen molar-refractivity contribution in [1.82, 2.24) is 10.2 Å². The minimum absolute atomic E-state index is 0.369. The normalized spacial score (nSPS) is 10.3. The van der Waals surface area contributed by atoms with Gasteiger partial charge in [0.05, 0.1) is 13.3 Å². The molecule has 1 aromatic rings. The van der Waals surface area contributed by atoms with Gasteiger partial charge in [-0.3, -0.25) is 5.10 Å². The van der Waals surface area contributed by atoms with Crippen LogP contribution in [0.5, 0.6) is 0 Å². The Labute approximate surface area is 63.9 Å². The second-order valence-corrected chi connectivity index (χ2v) is 1.89. The monoisotopic (exact) mass is 152 g/mol. The van der Waals surface area contributed by atoms with Gasteiger partial charge in [0, 0.05) is 17.8 Å². The summed E-state index contributed by atoms with van der Waals surface area (Å²) in [6, 6.07) is 0. The number of nitrogens with zero attached hydrogens (tertiary/aromatic N) is 1. The van der Waals surface area contributed by atoms with E-state index < -0.39 is 0 Å². The van der Waals surface area contributed by atoms with E-state index in [1.54, 1.807) is 18.5 Å². The molecule has 1 N–H and O–H groups in total. The van der Waals surface area contributed by atoms with Gasteiger partial charge in [0.2, 0.25) is 0 Å². The molecule has 0 aliphatic rings. The van der Waals surface area contributed by atoms with Crippen LogP contribution < -0.4 is 0 Å². The molecule has 11 heavy (non-hydrogen) atoms. The first-order valence-corrected chi connectivity index (χ1v) is 3.08. The van der Waals surface area contributed by atoms with Crippen molar-refractivity contribution in [2.75, 3.05) is 7.11 Å². The number of hydrogen-bond donors (Lipinski definition) is 1. The number of aromatic amines is 1. The minimum Gasteiger partial charge on any atom is -0.466 e. The van der Waals surface area contributed by atoms with E-state index in [4.69, 9.17) is 0 Å². The zero-order chi connectivity index (χ0) is 8.10. The third-order valence-corrected chi connectivity index (χ3v) is 1.13. The summed E-state index contributed by atoms with van der Waals surface area (Å²) in [5.74, 6) is -0.369. The summed E-state index contributed by atoms with van der Waals surface area (Å²) in [4.78, 5) is 10.6. The van der Waals surface area contributed by atoms with E-state index in [0.717, 1.165) is 5.56 Å². The average molecular weight is 152 g/mol. The molecule has 0 aromatic carbocycles. The topological polar surface area (TPSA) is 55.0 Å². The number of rotatable bonds is 2. The molecule has 0 saturated heterocycles. The molecule has 0 atom stereocenters. The number of esters is 1. The van der Waals surface area contributed by atoms with Crippen molar-refractivity contribution in [3.63, 3.8) is 0 Å². The number of ether oxygens (including phenoxy) is 1. The Morgan fingerprint density at radius 1 is 1.82 bits per heavy atom. The lowest BCUT2D eigenvalue weighted by Crippen LogP contribution is -1.92. The lowest BCUT2D eigenvalue weighted by Gasteiger charge is -1.86. The van der Waals surface area contributed by atoms with E-state index in [0.29, 0.717) is 0 Å². The highest BCUT2D eigenvalue weighted by Crippen LogP contribution is 1.96. The molecule has 0 spiro atoms. The first-order valence-electron chi connectivity index (χ1n) is 3.08. The molecule has 58 valence electrons. The average Bonchev–Trinajstić information content (AvgIpc) is 2.52. The highest BCUT2D eigenvalue weighted by atomic mass is 16.5. The molecule has 0 saturated carbocycles. The Morgan fingerprint density at radius 3 is 3.18 bits per heavy atom. The van der Waals surface area contributed by atoms with Crippen molar-refractivity contribution in [3.05, 3.63) is 24.0 Å². The van der Waals surface area contributed by atoms with Crippen LogP contribution in [0.25, 0.3) is 6.08 Å². The fourth-order valence-electron chi connectivity index (χ4n) is 0.584. The Morgan fingerprint density at radius 2 is 2.64 bits per heavy atom. The van der Waals surface area contributed by atoms with Crippen LogP contribution in [0.4, 0.5) is 0 Å². The molecule has 0 amide bonds. The zero-order valence-corrected chi connectivity index (χ0v) is 6.07. The molecule has 0 bridgehead atoms. The van der Waals surface area contributed by atoms with Gasteiger partial charge in [0.25, 0.3) is 0 Å². The van der Waals surface area contributed by atoms with E-state index >= 15 is 0 Å². The SMILES string of the molecule is COC(=O)/C=C/c1cn[nH]c1. The maximum atomic E-state index is 10.6. The van der Waals surface area contributed by atoms with E-state index in [1.165, 1.54) is 13.2 Å². The molecule has 1 aromatic heterocycles. The Hall–Kier alpha value is -1.58. The van der Waals surface area contributed by atoms with Crippen LogP contribution in [0, 0.1) is 0 Å². The van der Waals surface area contributed by atoms with Crippen LogP contribution in [0.1, 0.15) is 5.56 Å². The first-order chi connectivity index (χ1) is 5.33. The molecule has 4 nitrogen and oxygen atoms in total. The maximum absolute atomic E-state index is 10.6. The van der Waals surface area contributed by atoms with Gasteiger partial charge in [-0.15, -0.1) is 0 Å². The number of carbonyl (C=O) groups excluding carboxylic acids is 1. The zero-order valence-electron chi connectivity index (χ0n) is 6.07. The molecule has 0 aliphatic heterocycles. The quantitative estimate of drug-likeness (QED) is 0.498. The molecular formula is C7H8N2O2. The van der Waals surface area contributed by atoms with Crippen molar-refractivity contribution in [2.24, 2.45) is 0 Å². The first kappa shape index (κ1) is 7.53. The number of methoxy groups -OCH3 is 1. The van der Waals surface area contributed by atoms with Gasteiger partial charge < -0.3 is 4.74 Å². The molecule has 0 unspecified atom stereocenters. The fraction of sp³-hybridized carbons (Fsp3) is 0.143. The third kappa shape index (κ3) is 2.25.